The zero-order valence-corrected chi connectivity index (χ0v) is 11.9. The van der Waals surface area contributed by atoms with E-state index in [0.717, 1.165) is 0 Å². The first-order valence-electron chi connectivity index (χ1n) is 4.05. The van der Waals surface area contributed by atoms with Crippen molar-refractivity contribution in [3.05, 3.63) is 23.7 Å². The maximum absolute atomic E-state index is 8.40. The molecule has 0 saturated heterocycles. The fraction of sp³-hybridized carbons (Fsp3) is 0.400. The number of hydrogen-bond acceptors (Lipinski definition) is 2. The van der Waals surface area contributed by atoms with E-state index in [4.69, 9.17) is 19.8 Å². The second-order valence-electron chi connectivity index (χ2n) is 2.85. The van der Waals surface area contributed by atoms with Crippen LogP contribution >= 0.6 is 0 Å². The van der Waals surface area contributed by atoms with Gasteiger partial charge in [-0.25, -0.2) is 0 Å². The molecule has 0 aromatic rings. The van der Waals surface area contributed by atoms with Crippen LogP contribution in [0.4, 0.5) is 0 Å². The van der Waals surface area contributed by atoms with E-state index in [2.05, 4.69) is 0 Å². The topological polar surface area (TPSA) is 83.3 Å². The van der Waals surface area contributed by atoms with Crippen molar-refractivity contribution >= 4 is 11.6 Å². The molecule has 0 heterocycles. The Kier molecular flexibility index (Phi) is 15.0. The zero-order valence-electron chi connectivity index (χ0n) is 9.44. The SMILES string of the molecule is CC(=[OH+])/C=C(/C)O.CC(=[OH+])/C=C(/C)O.[Zr]. The van der Waals surface area contributed by atoms with Gasteiger partial charge in [0.2, 0.25) is 0 Å². The Balaban J connectivity index is -0.000000180. The minimum absolute atomic E-state index is 0. The molecule has 0 atom stereocenters. The molecule has 0 saturated carbocycles. The summed E-state index contributed by atoms with van der Waals surface area (Å²) >= 11 is 0. The summed E-state index contributed by atoms with van der Waals surface area (Å²) in [5.41, 5.74) is 0. The van der Waals surface area contributed by atoms with Gasteiger partial charge in [-0.15, -0.1) is 0 Å². The normalized spacial score (nSPS) is 10.7. The van der Waals surface area contributed by atoms with E-state index >= 15 is 0 Å². The molecule has 0 aliphatic rings. The van der Waals surface area contributed by atoms with E-state index in [0.29, 0.717) is 0 Å². The summed E-state index contributed by atoms with van der Waals surface area (Å²) in [4.78, 5) is 16.8. The zero-order chi connectivity index (χ0) is 11.7. The molecule has 0 rings (SSSR count). The molecule has 0 aliphatic carbocycles. The van der Waals surface area contributed by atoms with E-state index in [9.17, 15) is 0 Å². The first-order chi connectivity index (χ1) is 6.25. The summed E-state index contributed by atoms with van der Waals surface area (Å²) in [6.45, 7) is 6.00. The average Bonchev–Trinajstić information content (AvgIpc) is 1.79. The number of allylic oxidation sites excluding steroid dienone is 4. The first-order valence-corrected chi connectivity index (χ1v) is 4.05. The molecule has 0 fully saturated rings. The molecule has 4 N–H and O–H groups in total. The fourth-order valence-electron chi connectivity index (χ4n) is 0.605. The van der Waals surface area contributed by atoms with Gasteiger partial charge in [0.15, 0.2) is 0 Å². The van der Waals surface area contributed by atoms with Crippen molar-refractivity contribution in [2.75, 3.05) is 0 Å². The van der Waals surface area contributed by atoms with Crippen molar-refractivity contribution in [3.63, 3.8) is 0 Å². The van der Waals surface area contributed by atoms with Gasteiger partial charge in [0.25, 0.3) is 0 Å². The largest absolute Gasteiger partial charge is 0.512 e. The van der Waals surface area contributed by atoms with Gasteiger partial charge in [-0.3, -0.25) is 9.59 Å². The molecule has 0 unspecified atom stereocenters. The Bertz CT molecular complexity index is 231. The minimum atomic E-state index is 0. The summed E-state index contributed by atoms with van der Waals surface area (Å²) < 4.78 is 0. The number of hydrogen-bond donors (Lipinski definition) is 2. The van der Waals surface area contributed by atoms with Crippen LogP contribution in [-0.2, 0) is 26.2 Å². The second-order valence-corrected chi connectivity index (χ2v) is 2.85. The monoisotopic (exact) mass is 292 g/mol. The van der Waals surface area contributed by atoms with Crippen molar-refractivity contribution in [1.82, 2.24) is 0 Å². The van der Waals surface area contributed by atoms with E-state index < -0.39 is 0 Å². The van der Waals surface area contributed by atoms with E-state index in [1.54, 1.807) is 0 Å². The summed E-state index contributed by atoms with van der Waals surface area (Å²) in [6.07, 6.45) is 2.56. The smallest absolute Gasteiger partial charge is 0.316 e. The Labute approximate surface area is 109 Å². The number of aliphatic hydroxyl groups is 2. The van der Waals surface area contributed by atoms with Crippen molar-refractivity contribution in [2.45, 2.75) is 27.7 Å². The Morgan fingerprint density at radius 2 is 1.00 bits per heavy atom. The molecule has 0 radical (unpaired) electrons. The molecular weight excluding hydrogens is 275 g/mol. The van der Waals surface area contributed by atoms with Gasteiger partial charge in [-0.05, 0) is 13.8 Å². The third kappa shape index (κ3) is 31.9. The Hall–Kier alpha value is -0.697. The van der Waals surface area contributed by atoms with E-state index in [1.807, 2.05) is 0 Å². The van der Waals surface area contributed by atoms with Gasteiger partial charge in [-0.1, -0.05) is 0 Å². The Morgan fingerprint density at radius 1 is 0.800 bits per heavy atom. The quantitative estimate of drug-likeness (QED) is 0.464. The average molecular weight is 293 g/mol. The summed E-state index contributed by atoms with van der Waals surface area (Å²) in [5.74, 6) is 0.500. The second kappa shape index (κ2) is 11.4. The molecule has 15 heavy (non-hydrogen) atoms. The first kappa shape index (κ1) is 19.8. The van der Waals surface area contributed by atoms with Gasteiger partial charge in [0, 0.05) is 26.2 Å². The molecule has 5 heteroatoms. The number of aliphatic hydroxyl groups excluding tert-OH is 2. The third-order valence-corrected chi connectivity index (χ3v) is 0.836. The molecular formula is C10H18O4Zr+2. The third-order valence-electron chi connectivity index (χ3n) is 0.836. The predicted molar refractivity (Wildman–Crippen MR) is 58.0 cm³/mol. The van der Waals surface area contributed by atoms with E-state index in [-0.39, 0.29) is 49.3 Å². The minimum Gasteiger partial charge on any atom is -0.512 e. The summed E-state index contributed by atoms with van der Waals surface area (Å²) in [7, 11) is 0. The predicted octanol–water partition coefficient (Wildman–Crippen LogP) is 2.02. The summed E-state index contributed by atoms with van der Waals surface area (Å²) in [6, 6.07) is 0. The van der Waals surface area contributed by atoms with E-state index in [1.165, 1.54) is 39.8 Å². The van der Waals surface area contributed by atoms with Gasteiger partial charge >= 0.3 is 11.6 Å². The van der Waals surface area contributed by atoms with Gasteiger partial charge in [0.1, 0.15) is 0 Å². The molecule has 0 spiro atoms. The molecule has 0 aromatic carbocycles. The number of rotatable bonds is 2. The van der Waals surface area contributed by atoms with Crippen LogP contribution in [0, 0.1) is 0 Å². The van der Waals surface area contributed by atoms with Gasteiger partial charge in [-0.2, -0.15) is 0 Å². The van der Waals surface area contributed by atoms with Crippen molar-refractivity contribution in [1.29, 1.82) is 0 Å². The standard InChI is InChI=1S/2C5H8O2.Zr/c2*1-4(6)3-5(2)7;/h2*3,6H,1-2H3;/p+2/b2*4-3-;. The number of carbonyl (C=O) groups excluding carboxylic acids is 2. The Morgan fingerprint density at radius 3 is 1.00 bits per heavy atom. The van der Waals surface area contributed by atoms with Crippen LogP contribution in [0.3, 0.4) is 0 Å². The van der Waals surface area contributed by atoms with Crippen molar-refractivity contribution in [3.8, 4) is 0 Å². The van der Waals surface area contributed by atoms with Crippen LogP contribution < -0.4 is 0 Å². The van der Waals surface area contributed by atoms with Crippen LogP contribution in [0.2, 0.25) is 0 Å². The maximum Gasteiger partial charge on any atom is 0.316 e. The molecule has 0 aromatic heterocycles. The molecule has 0 aliphatic heterocycles. The molecule has 0 bridgehead atoms. The fourth-order valence-corrected chi connectivity index (χ4v) is 0.605. The molecule has 4 nitrogen and oxygen atoms in total. The number of ketones is 2. The van der Waals surface area contributed by atoms with Gasteiger partial charge in [0.05, 0.1) is 37.5 Å². The van der Waals surface area contributed by atoms with Crippen LogP contribution in [-0.4, -0.2) is 31.4 Å². The van der Waals surface area contributed by atoms with Gasteiger partial charge < -0.3 is 10.2 Å². The molecule has 0 amide bonds. The van der Waals surface area contributed by atoms with Crippen LogP contribution in [0.1, 0.15) is 27.7 Å². The van der Waals surface area contributed by atoms with Crippen molar-refractivity contribution < 1.29 is 46.0 Å². The summed E-state index contributed by atoms with van der Waals surface area (Å²) in [5, 5.41) is 16.8. The maximum atomic E-state index is 8.40. The molecule has 84 valence electrons. The van der Waals surface area contributed by atoms with Crippen LogP contribution in [0.5, 0.6) is 0 Å². The van der Waals surface area contributed by atoms with Crippen LogP contribution in [0.25, 0.3) is 0 Å². The van der Waals surface area contributed by atoms with Crippen LogP contribution in [0.15, 0.2) is 23.7 Å². The van der Waals surface area contributed by atoms with Crippen molar-refractivity contribution in [2.24, 2.45) is 0 Å².